The minimum atomic E-state index is -0.183. The Bertz CT molecular complexity index is 183. The Hall–Kier alpha value is -0.570. The largest absolute Gasteiger partial charge is 0.340 e. The molecule has 13 heavy (non-hydrogen) atoms. The fourth-order valence-electron chi connectivity index (χ4n) is 1.45. The fraction of sp³-hybridized carbons (Fsp3) is 0.900. The first-order valence-electron chi connectivity index (χ1n) is 5.08. The van der Waals surface area contributed by atoms with E-state index in [1.54, 1.807) is 0 Å². The highest BCUT2D eigenvalue weighted by molar-refractivity contribution is 5.82. The minimum Gasteiger partial charge on any atom is -0.340 e. The molecule has 0 spiro atoms. The van der Waals surface area contributed by atoms with Gasteiger partial charge in [0.05, 0.1) is 0 Å². The van der Waals surface area contributed by atoms with Crippen molar-refractivity contribution < 1.29 is 4.79 Å². The number of hydrogen-bond acceptors (Lipinski definition) is 2. The average Bonchev–Trinajstić information content (AvgIpc) is 2.18. The van der Waals surface area contributed by atoms with Crippen molar-refractivity contribution in [3.05, 3.63) is 0 Å². The van der Waals surface area contributed by atoms with Crippen LogP contribution in [0.15, 0.2) is 0 Å². The summed E-state index contributed by atoms with van der Waals surface area (Å²) < 4.78 is 0. The summed E-state index contributed by atoms with van der Waals surface area (Å²) >= 11 is 0. The lowest BCUT2D eigenvalue weighted by Crippen LogP contribution is -2.50. The van der Waals surface area contributed by atoms with Crippen LogP contribution in [0.3, 0.4) is 0 Å². The molecule has 1 heterocycles. The molecular formula is C10H20N2O. The molecule has 0 bridgehead atoms. The van der Waals surface area contributed by atoms with Gasteiger partial charge in [-0.05, 0) is 6.42 Å². The standard InChI is InChI=1S/C10H20N2O/c1-4-10(2,3)9(13)12-7-5-11-6-8-12/h11H,4-8H2,1-3H3. The summed E-state index contributed by atoms with van der Waals surface area (Å²) in [5.74, 6) is 0.302. The van der Waals surface area contributed by atoms with Crippen LogP contribution in [0.25, 0.3) is 0 Å². The Labute approximate surface area is 80.5 Å². The monoisotopic (exact) mass is 184 g/mol. The molecule has 1 aliphatic heterocycles. The van der Waals surface area contributed by atoms with E-state index in [1.807, 2.05) is 18.7 Å². The van der Waals surface area contributed by atoms with E-state index in [0.717, 1.165) is 32.6 Å². The predicted octanol–water partition coefficient (Wildman–Crippen LogP) is 0.854. The molecule has 0 saturated carbocycles. The lowest BCUT2D eigenvalue weighted by molar-refractivity contribution is -0.141. The van der Waals surface area contributed by atoms with E-state index in [4.69, 9.17) is 0 Å². The van der Waals surface area contributed by atoms with E-state index in [0.29, 0.717) is 5.91 Å². The predicted molar refractivity (Wildman–Crippen MR) is 53.5 cm³/mol. The first-order chi connectivity index (χ1) is 6.08. The van der Waals surface area contributed by atoms with E-state index >= 15 is 0 Å². The second-order valence-electron chi connectivity index (χ2n) is 4.28. The first kappa shape index (κ1) is 10.5. The molecule has 1 saturated heterocycles. The molecule has 76 valence electrons. The summed E-state index contributed by atoms with van der Waals surface area (Å²) in [4.78, 5) is 13.9. The lowest BCUT2D eigenvalue weighted by atomic mass is 9.88. The third-order valence-corrected chi connectivity index (χ3v) is 2.87. The Morgan fingerprint density at radius 2 is 1.92 bits per heavy atom. The number of carbonyl (C=O) groups excluding carboxylic acids is 1. The van der Waals surface area contributed by atoms with Gasteiger partial charge in [0.15, 0.2) is 0 Å². The molecule has 3 heteroatoms. The maximum atomic E-state index is 11.9. The summed E-state index contributed by atoms with van der Waals surface area (Å²) in [6, 6.07) is 0. The molecule has 0 atom stereocenters. The van der Waals surface area contributed by atoms with Gasteiger partial charge in [-0.3, -0.25) is 4.79 Å². The van der Waals surface area contributed by atoms with E-state index in [1.165, 1.54) is 0 Å². The molecule has 1 fully saturated rings. The summed E-state index contributed by atoms with van der Waals surface area (Å²) in [6.07, 6.45) is 0.912. The van der Waals surface area contributed by atoms with Gasteiger partial charge in [-0.15, -0.1) is 0 Å². The van der Waals surface area contributed by atoms with Crippen LogP contribution in [0.1, 0.15) is 27.2 Å². The van der Waals surface area contributed by atoms with Crippen molar-refractivity contribution in [1.82, 2.24) is 10.2 Å². The molecule has 1 N–H and O–H groups in total. The van der Waals surface area contributed by atoms with Gasteiger partial charge in [-0.2, -0.15) is 0 Å². The van der Waals surface area contributed by atoms with Crippen molar-refractivity contribution in [2.24, 2.45) is 5.41 Å². The van der Waals surface area contributed by atoms with Crippen molar-refractivity contribution in [3.8, 4) is 0 Å². The van der Waals surface area contributed by atoms with Gasteiger partial charge in [0, 0.05) is 31.6 Å². The Morgan fingerprint density at radius 1 is 1.38 bits per heavy atom. The van der Waals surface area contributed by atoms with Crippen LogP contribution in [0.2, 0.25) is 0 Å². The van der Waals surface area contributed by atoms with Crippen LogP contribution in [0, 0.1) is 5.41 Å². The van der Waals surface area contributed by atoms with Gasteiger partial charge in [-0.1, -0.05) is 20.8 Å². The highest BCUT2D eigenvalue weighted by Crippen LogP contribution is 2.22. The number of rotatable bonds is 2. The van der Waals surface area contributed by atoms with Crippen molar-refractivity contribution in [1.29, 1.82) is 0 Å². The van der Waals surface area contributed by atoms with Crippen LogP contribution in [-0.2, 0) is 4.79 Å². The third-order valence-electron chi connectivity index (χ3n) is 2.87. The van der Waals surface area contributed by atoms with E-state index in [9.17, 15) is 4.79 Å². The quantitative estimate of drug-likeness (QED) is 0.690. The molecule has 1 aliphatic rings. The zero-order chi connectivity index (χ0) is 9.90. The number of carbonyl (C=O) groups is 1. The van der Waals surface area contributed by atoms with E-state index in [-0.39, 0.29) is 5.41 Å². The minimum absolute atomic E-state index is 0.183. The zero-order valence-electron chi connectivity index (χ0n) is 8.89. The van der Waals surface area contributed by atoms with Gasteiger partial charge in [0.2, 0.25) is 5.91 Å². The van der Waals surface area contributed by atoms with Crippen molar-refractivity contribution in [3.63, 3.8) is 0 Å². The number of hydrogen-bond donors (Lipinski definition) is 1. The van der Waals surface area contributed by atoms with Gasteiger partial charge in [0.1, 0.15) is 0 Å². The topological polar surface area (TPSA) is 32.3 Å². The highest BCUT2D eigenvalue weighted by atomic mass is 16.2. The van der Waals surface area contributed by atoms with E-state index < -0.39 is 0 Å². The molecule has 3 nitrogen and oxygen atoms in total. The Kier molecular flexibility index (Phi) is 3.31. The van der Waals surface area contributed by atoms with Gasteiger partial charge in [0.25, 0.3) is 0 Å². The van der Waals surface area contributed by atoms with Crippen LogP contribution in [0.5, 0.6) is 0 Å². The van der Waals surface area contributed by atoms with Crippen LogP contribution in [0.4, 0.5) is 0 Å². The highest BCUT2D eigenvalue weighted by Gasteiger charge is 2.30. The van der Waals surface area contributed by atoms with Gasteiger partial charge < -0.3 is 10.2 Å². The fourth-order valence-corrected chi connectivity index (χ4v) is 1.45. The number of nitrogens with one attached hydrogen (secondary N) is 1. The summed E-state index contributed by atoms with van der Waals surface area (Å²) in [5.41, 5.74) is -0.183. The lowest BCUT2D eigenvalue weighted by Gasteiger charge is -2.34. The maximum Gasteiger partial charge on any atom is 0.228 e. The van der Waals surface area contributed by atoms with Gasteiger partial charge >= 0.3 is 0 Å². The molecule has 0 aliphatic carbocycles. The number of piperazine rings is 1. The second kappa shape index (κ2) is 4.09. The SMILES string of the molecule is CCC(C)(C)C(=O)N1CCNCC1. The average molecular weight is 184 g/mol. The molecule has 0 radical (unpaired) electrons. The molecule has 1 amide bonds. The van der Waals surface area contributed by atoms with Crippen LogP contribution < -0.4 is 5.32 Å². The summed E-state index contributed by atoms with van der Waals surface area (Å²) in [7, 11) is 0. The zero-order valence-corrected chi connectivity index (χ0v) is 8.89. The van der Waals surface area contributed by atoms with Crippen molar-refractivity contribution in [2.45, 2.75) is 27.2 Å². The summed E-state index contributed by atoms with van der Waals surface area (Å²) in [6.45, 7) is 9.72. The third kappa shape index (κ3) is 2.44. The first-order valence-corrected chi connectivity index (χ1v) is 5.08. The Morgan fingerprint density at radius 3 is 2.38 bits per heavy atom. The molecule has 0 aromatic heterocycles. The van der Waals surface area contributed by atoms with Crippen LogP contribution in [-0.4, -0.2) is 37.0 Å². The van der Waals surface area contributed by atoms with Crippen LogP contribution >= 0.6 is 0 Å². The van der Waals surface area contributed by atoms with Crippen molar-refractivity contribution in [2.75, 3.05) is 26.2 Å². The summed E-state index contributed by atoms with van der Waals surface area (Å²) in [5, 5.41) is 3.25. The van der Waals surface area contributed by atoms with Gasteiger partial charge in [-0.25, -0.2) is 0 Å². The normalized spacial score (nSPS) is 18.8. The maximum absolute atomic E-state index is 11.9. The molecule has 0 unspecified atom stereocenters. The smallest absolute Gasteiger partial charge is 0.228 e. The second-order valence-corrected chi connectivity index (χ2v) is 4.28. The molecule has 0 aromatic rings. The number of amides is 1. The van der Waals surface area contributed by atoms with E-state index in [2.05, 4.69) is 12.2 Å². The molecular weight excluding hydrogens is 164 g/mol. The number of nitrogens with zero attached hydrogens (tertiary/aromatic N) is 1. The molecule has 1 rings (SSSR count). The van der Waals surface area contributed by atoms with Crippen molar-refractivity contribution >= 4 is 5.91 Å². The molecule has 0 aromatic carbocycles. The Balaban J connectivity index is 2.55.